The van der Waals surface area contributed by atoms with Gasteiger partial charge in [0.25, 0.3) is 0 Å². The molecule has 1 aromatic carbocycles. The Hall–Kier alpha value is -2.10. The Morgan fingerprint density at radius 3 is 2.58 bits per heavy atom. The van der Waals surface area contributed by atoms with Crippen LogP contribution in [0, 0.1) is 6.92 Å². The van der Waals surface area contributed by atoms with Crippen molar-refractivity contribution in [3.8, 4) is 0 Å². The van der Waals surface area contributed by atoms with Crippen LogP contribution in [0.2, 0.25) is 0 Å². The minimum atomic E-state index is 0.0131. The Morgan fingerprint density at radius 2 is 2.00 bits per heavy atom. The number of carbonyl (C=O) groups is 1. The number of amides is 1. The van der Waals surface area contributed by atoms with Gasteiger partial charge in [0.1, 0.15) is 0 Å². The molecular weight excluding hydrogens is 238 g/mol. The first-order valence-corrected chi connectivity index (χ1v) is 6.56. The molecule has 0 spiro atoms. The summed E-state index contributed by atoms with van der Waals surface area (Å²) >= 11 is 0. The highest BCUT2D eigenvalue weighted by molar-refractivity contribution is 5.90. The van der Waals surface area contributed by atoms with Gasteiger partial charge in [0.05, 0.1) is 0 Å². The van der Waals surface area contributed by atoms with Gasteiger partial charge in [-0.2, -0.15) is 5.10 Å². The predicted molar refractivity (Wildman–Crippen MR) is 76.0 cm³/mol. The summed E-state index contributed by atoms with van der Waals surface area (Å²) in [5.74, 6) is 0.0131. The van der Waals surface area contributed by atoms with Crippen molar-refractivity contribution in [1.82, 2.24) is 9.78 Å². The number of hydrogen-bond donors (Lipinski definition) is 1. The zero-order valence-electron chi connectivity index (χ0n) is 11.4. The van der Waals surface area contributed by atoms with Crippen molar-refractivity contribution in [3.63, 3.8) is 0 Å². The Kier molecular flexibility index (Phi) is 4.34. The lowest BCUT2D eigenvalue weighted by Gasteiger charge is -2.07. The highest BCUT2D eigenvalue weighted by atomic mass is 16.1. The topological polar surface area (TPSA) is 46.9 Å². The molecule has 19 heavy (non-hydrogen) atoms. The second-order valence-corrected chi connectivity index (χ2v) is 4.54. The molecule has 100 valence electrons. The first kappa shape index (κ1) is 13.3. The first-order valence-electron chi connectivity index (χ1n) is 6.56. The van der Waals surface area contributed by atoms with Gasteiger partial charge in [-0.25, -0.2) is 0 Å². The summed E-state index contributed by atoms with van der Waals surface area (Å²) in [6.07, 6.45) is 3.18. The average Bonchev–Trinajstić information content (AvgIpc) is 2.83. The van der Waals surface area contributed by atoms with Gasteiger partial charge in [0.2, 0.25) is 5.91 Å². The summed E-state index contributed by atoms with van der Waals surface area (Å²) < 4.78 is 1.83. The molecule has 1 aromatic heterocycles. The Bertz CT molecular complexity index is 543. The standard InChI is InChI=1S/C15H19N3O/c1-3-13-4-6-14(7-5-13)17-15(19)9-11-18-12(2)8-10-16-18/h4-8,10H,3,9,11H2,1-2H3,(H,17,19). The molecule has 0 fully saturated rings. The van der Waals surface area contributed by atoms with Crippen molar-refractivity contribution >= 4 is 11.6 Å². The molecule has 0 aliphatic carbocycles. The largest absolute Gasteiger partial charge is 0.326 e. The summed E-state index contributed by atoms with van der Waals surface area (Å²) in [7, 11) is 0. The smallest absolute Gasteiger partial charge is 0.226 e. The fraction of sp³-hybridized carbons (Fsp3) is 0.333. The third kappa shape index (κ3) is 3.68. The molecule has 0 saturated heterocycles. The van der Waals surface area contributed by atoms with E-state index < -0.39 is 0 Å². The quantitative estimate of drug-likeness (QED) is 0.895. The van der Waals surface area contributed by atoms with Gasteiger partial charge in [-0.3, -0.25) is 9.48 Å². The van der Waals surface area contributed by atoms with Crippen LogP contribution in [0.15, 0.2) is 36.5 Å². The minimum absolute atomic E-state index is 0.0131. The van der Waals surface area contributed by atoms with E-state index in [4.69, 9.17) is 0 Å². The number of rotatable bonds is 5. The predicted octanol–water partition coefficient (Wildman–Crippen LogP) is 2.78. The van der Waals surface area contributed by atoms with Crippen molar-refractivity contribution in [2.24, 2.45) is 0 Å². The van der Waals surface area contributed by atoms with Crippen LogP contribution in [0.4, 0.5) is 5.69 Å². The van der Waals surface area contributed by atoms with Crippen molar-refractivity contribution in [2.75, 3.05) is 5.32 Å². The Balaban J connectivity index is 1.85. The van der Waals surface area contributed by atoms with Crippen LogP contribution in [-0.4, -0.2) is 15.7 Å². The normalized spacial score (nSPS) is 10.4. The van der Waals surface area contributed by atoms with E-state index >= 15 is 0 Å². The fourth-order valence-corrected chi connectivity index (χ4v) is 1.89. The zero-order chi connectivity index (χ0) is 13.7. The number of anilines is 1. The van der Waals surface area contributed by atoms with Gasteiger partial charge in [0.15, 0.2) is 0 Å². The number of benzene rings is 1. The van der Waals surface area contributed by atoms with Gasteiger partial charge >= 0.3 is 0 Å². The third-order valence-electron chi connectivity index (χ3n) is 3.13. The summed E-state index contributed by atoms with van der Waals surface area (Å²) in [4.78, 5) is 11.8. The maximum absolute atomic E-state index is 11.8. The summed E-state index contributed by atoms with van der Waals surface area (Å²) in [6, 6.07) is 9.88. The Morgan fingerprint density at radius 1 is 1.26 bits per heavy atom. The molecule has 4 heteroatoms. The lowest BCUT2D eigenvalue weighted by atomic mass is 10.1. The van der Waals surface area contributed by atoms with E-state index in [0.29, 0.717) is 13.0 Å². The van der Waals surface area contributed by atoms with E-state index in [1.54, 1.807) is 6.20 Å². The number of nitrogens with one attached hydrogen (secondary N) is 1. The van der Waals surface area contributed by atoms with E-state index in [1.165, 1.54) is 5.56 Å². The van der Waals surface area contributed by atoms with Crippen LogP contribution in [-0.2, 0) is 17.8 Å². The van der Waals surface area contributed by atoms with Crippen LogP contribution in [0.1, 0.15) is 24.6 Å². The fourth-order valence-electron chi connectivity index (χ4n) is 1.89. The second-order valence-electron chi connectivity index (χ2n) is 4.54. The molecule has 0 saturated carbocycles. The molecule has 1 N–H and O–H groups in total. The molecule has 0 bridgehead atoms. The van der Waals surface area contributed by atoms with E-state index in [0.717, 1.165) is 17.8 Å². The molecule has 4 nitrogen and oxygen atoms in total. The molecule has 0 radical (unpaired) electrons. The van der Waals surface area contributed by atoms with E-state index in [2.05, 4.69) is 17.3 Å². The van der Waals surface area contributed by atoms with Crippen molar-refractivity contribution in [2.45, 2.75) is 33.2 Å². The highest BCUT2D eigenvalue weighted by Gasteiger charge is 2.04. The number of carbonyl (C=O) groups excluding carboxylic acids is 1. The number of nitrogens with zero attached hydrogens (tertiary/aromatic N) is 2. The molecule has 1 amide bonds. The number of hydrogen-bond acceptors (Lipinski definition) is 2. The van der Waals surface area contributed by atoms with Crippen LogP contribution in [0.5, 0.6) is 0 Å². The lowest BCUT2D eigenvalue weighted by molar-refractivity contribution is -0.116. The maximum Gasteiger partial charge on any atom is 0.226 e. The van der Waals surface area contributed by atoms with E-state index in [9.17, 15) is 4.79 Å². The van der Waals surface area contributed by atoms with Gasteiger partial charge < -0.3 is 5.32 Å². The van der Waals surface area contributed by atoms with Gasteiger partial charge in [-0.05, 0) is 37.1 Å². The maximum atomic E-state index is 11.8. The van der Waals surface area contributed by atoms with Crippen molar-refractivity contribution < 1.29 is 4.79 Å². The second kappa shape index (κ2) is 6.18. The lowest BCUT2D eigenvalue weighted by Crippen LogP contribution is -2.15. The van der Waals surface area contributed by atoms with Crippen LogP contribution < -0.4 is 5.32 Å². The highest BCUT2D eigenvalue weighted by Crippen LogP contribution is 2.10. The first-order chi connectivity index (χ1) is 9.19. The van der Waals surface area contributed by atoms with Gasteiger partial charge in [-0.1, -0.05) is 19.1 Å². The van der Waals surface area contributed by atoms with Crippen LogP contribution in [0.25, 0.3) is 0 Å². The molecule has 0 aliphatic heterocycles. The zero-order valence-corrected chi connectivity index (χ0v) is 11.4. The van der Waals surface area contributed by atoms with Crippen molar-refractivity contribution in [1.29, 1.82) is 0 Å². The molecule has 2 rings (SSSR count). The summed E-state index contributed by atoms with van der Waals surface area (Å²) in [6.45, 7) is 4.70. The Labute approximate surface area is 113 Å². The summed E-state index contributed by atoms with van der Waals surface area (Å²) in [5, 5.41) is 7.05. The SMILES string of the molecule is CCc1ccc(NC(=O)CCn2nccc2C)cc1. The average molecular weight is 257 g/mol. The van der Waals surface area contributed by atoms with Gasteiger partial charge in [-0.15, -0.1) is 0 Å². The van der Waals surface area contributed by atoms with Crippen LogP contribution in [0.3, 0.4) is 0 Å². The molecule has 1 heterocycles. The number of aromatic nitrogens is 2. The summed E-state index contributed by atoms with van der Waals surface area (Å²) in [5.41, 5.74) is 3.18. The number of aryl methyl sites for hydroxylation is 3. The minimum Gasteiger partial charge on any atom is -0.326 e. The van der Waals surface area contributed by atoms with E-state index in [-0.39, 0.29) is 5.91 Å². The van der Waals surface area contributed by atoms with Crippen molar-refractivity contribution in [3.05, 3.63) is 47.8 Å². The van der Waals surface area contributed by atoms with Gasteiger partial charge in [0, 0.05) is 30.5 Å². The molecule has 2 aromatic rings. The van der Waals surface area contributed by atoms with E-state index in [1.807, 2.05) is 41.9 Å². The molecule has 0 aliphatic rings. The molecule has 0 unspecified atom stereocenters. The van der Waals surface area contributed by atoms with Crippen LogP contribution >= 0.6 is 0 Å². The third-order valence-corrected chi connectivity index (χ3v) is 3.13. The monoisotopic (exact) mass is 257 g/mol. The molecular formula is C15H19N3O. The molecule has 0 atom stereocenters.